The molecule has 2 aromatic rings. The molecule has 3 heterocycles. The van der Waals surface area contributed by atoms with Gasteiger partial charge < -0.3 is 4.74 Å². The minimum absolute atomic E-state index is 0.250. The Bertz CT molecular complexity index is 564. The average molecular weight is 305 g/mol. The molecule has 0 amide bonds. The molecule has 5 heteroatoms. The highest BCUT2D eigenvalue weighted by Crippen LogP contribution is 2.13. The number of aromatic nitrogens is 2. The molecule has 0 bridgehead atoms. The van der Waals surface area contributed by atoms with E-state index in [1.807, 2.05) is 18.3 Å². The Kier molecular flexibility index (Phi) is 4.73. The number of ether oxygens (including phenoxy) is 1. The van der Waals surface area contributed by atoms with Gasteiger partial charge in [-0.3, -0.25) is 9.58 Å². The first kappa shape index (κ1) is 14.8. The van der Waals surface area contributed by atoms with Crippen LogP contribution < -0.4 is 0 Å². The molecule has 0 aromatic carbocycles. The van der Waals surface area contributed by atoms with Crippen molar-refractivity contribution in [1.29, 1.82) is 0 Å². The van der Waals surface area contributed by atoms with Gasteiger partial charge in [-0.25, -0.2) is 0 Å². The minimum atomic E-state index is 0.250. The minimum Gasteiger partial charge on any atom is -0.374 e. The SMILES string of the molecule is Cc1cc(C)n(C[C@H]2CN(CCc3cccs3)CCO2)n1. The molecule has 114 valence electrons. The Hall–Kier alpha value is -1.17. The van der Waals surface area contributed by atoms with Crippen LogP contribution in [0, 0.1) is 13.8 Å². The fraction of sp³-hybridized carbons (Fsp3) is 0.562. The third-order valence-electron chi connectivity index (χ3n) is 3.96. The smallest absolute Gasteiger partial charge is 0.0898 e. The summed E-state index contributed by atoms with van der Waals surface area (Å²) in [5.41, 5.74) is 2.30. The van der Waals surface area contributed by atoms with Crippen molar-refractivity contribution in [1.82, 2.24) is 14.7 Å². The number of hydrogen-bond acceptors (Lipinski definition) is 4. The van der Waals surface area contributed by atoms with Gasteiger partial charge in [0.2, 0.25) is 0 Å². The molecule has 0 saturated carbocycles. The Morgan fingerprint density at radius 2 is 2.33 bits per heavy atom. The summed E-state index contributed by atoms with van der Waals surface area (Å²) in [6, 6.07) is 6.47. The summed E-state index contributed by atoms with van der Waals surface area (Å²) in [5.74, 6) is 0. The van der Waals surface area contributed by atoms with Gasteiger partial charge in [0.05, 0.1) is 24.9 Å². The topological polar surface area (TPSA) is 30.3 Å². The van der Waals surface area contributed by atoms with E-state index in [1.54, 1.807) is 0 Å². The van der Waals surface area contributed by atoms with Crippen molar-refractivity contribution < 1.29 is 4.74 Å². The van der Waals surface area contributed by atoms with Crippen LogP contribution in [0.15, 0.2) is 23.6 Å². The van der Waals surface area contributed by atoms with Gasteiger partial charge in [-0.15, -0.1) is 11.3 Å². The molecule has 0 radical (unpaired) electrons. The summed E-state index contributed by atoms with van der Waals surface area (Å²) in [5, 5.41) is 6.69. The monoisotopic (exact) mass is 305 g/mol. The standard InChI is InChI=1S/C16H23N3OS/c1-13-10-14(2)19(17-13)12-15-11-18(7-8-20-15)6-5-16-4-3-9-21-16/h3-4,9-10,15H,5-8,11-12H2,1-2H3/t15-/m1/s1. The van der Waals surface area contributed by atoms with E-state index in [0.717, 1.165) is 44.9 Å². The molecule has 4 nitrogen and oxygen atoms in total. The molecule has 0 N–H and O–H groups in total. The maximum absolute atomic E-state index is 5.91. The van der Waals surface area contributed by atoms with Crippen LogP contribution in [-0.2, 0) is 17.7 Å². The second-order valence-electron chi connectivity index (χ2n) is 5.73. The predicted molar refractivity (Wildman–Crippen MR) is 85.9 cm³/mol. The number of nitrogens with zero attached hydrogens (tertiary/aromatic N) is 3. The van der Waals surface area contributed by atoms with E-state index in [9.17, 15) is 0 Å². The highest BCUT2D eigenvalue weighted by Gasteiger charge is 2.21. The molecule has 0 aliphatic carbocycles. The molecule has 1 atom stereocenters. The number of morpholine rings is 1. The van der Waals surface area contributed by atoms with Crippen LogP contribution in [0.1, 0.15) is 16.3 Å². The van der Waals surface area contributed by atoms with Gasteiger partial charge in [-0.1, -0.05) is 6.07 Å². The van der Waals surface area contributed by atoms with E-state index < -0.39 is 0 Å². The zero-order chi connectivity index (χ0) is 14.7. The van der Waals surface area contributed by atoms with Crippen molar-refractivity contribution >= 4 is 11.3 Å². The summed E-state index contributed by atoms with van der Waals surface area (Å²) < 4.78 is 7.99. The molecule has 1 aliphatic heterocycles. The van der Waals surface area contributed by atoms with Crippen LogP contribution in [0.2, 0.25) is 0 Å². The summed E-state index contributed by atoms with van der Waals surface area (Å²) in [6.07, 6.45) is 1.39. The van der Waals surface area contributed by atoms with Gasteiger partial charge in [-0.05, 0) is 37.8 Å². The Morgan fingerprint density at radius 1 is 1.43 bits per heavy atom. The van der Waals surface area contributed by atoms with E-state index in [0.29, 0.717) is 0 Å². The van der Waals surface area contributed by atoms with Crippen molar-refractivity contribution in [3.05, 3.63) is 39.8 Å². The first-order valence-electron chi connectivity index (χ1n) is 7.58. The molecular formula is C16H23N3OS. The van der Waals surface area contributed by atoms with Gasteiger partial charge in [-0.2, -0.15) is 5.10 Å². The lowest BCUT2D eigenvalue weighted by Gasteiger charge is -2.33. The van der Waals surface area contributed by atoms with Gasteiger partial charge in [0.1, 0.15) is 0 Å². The maximum atomic E-state index is 5.91. The summed E-state index contributed by atoms with van der Waals surface area (Å²) in [6.45, 7) is 9.00. The molecule has 1 fully saturated rings. The summed E-state index contributed by atoms with van der Waals surface area (Å²) in [7, 11) is 0. The fourth-order valence-corrected chi connectivity index (χ4v) is 3.57. The van der Waals surface area contributed by atoms with E-state index in [-0.39, 0.29) is 6.10 Å². The average Bonchev–Trinajstić information content (AvgIpc) is 3.07. The second-order valence-corrected chi connectivity index (χ2v) is 6.76. The van der Waals surface area contributed by atoms with Crippen LogP contribution in [-0.4, -0.2) is 47.0 Å². The van der Waals surface area contributed by atoms with Gasteiger partial charge in [0, 0.05) is 30.2 Å². The number of hydrogen-bond donors (Lipinski definition) is 0. The normalized spacial score (nSPS) is 20.0. The number of thiophene rings is 1. The molecule has 2 aromatic heterocycles. The van der Waals surface area contributed by atoms with Gasteiger partial charge in [0.25, 0.3) is 0 Å². The van der Waals surface area contributed by atoms with E-state index in [2.05, 4.69) is 45.2 Å². The Labute approximate surface area is 130 Å². The number of aryl methyl sites for hydroxylation is 2. The molecule has 1 saturated heterocycles. The quantitative estimate of drug-likeness (QED) is 0.850. The van der Waals surface area contributed by atoms with Crippen LogP contribution in [0.4, 0.5) is 0 Å². The van der Waals surface area contributed by atoms with Crippen molar-refractivity contribution in [2.45, 2.75) is 32.9 Å². The molecule has 1 aliphatic rings. The molecule has 0 spiro atoms. The molecule has 3 rings (SSSR count). The molecular weight excluding hydrogens is 282 g/mol. The van der Waals surface area contributed by atoms with E-state index in [1.165, 1.54) is 10.6 Å². The first-order valence-corrected chi connectivity index (χ1v) is 8.46. The molecule has 21 heavy (non-hydrogen) atoms. The second kappa shape index (κ2) is 6.73. The van der Waals surface area contributed by atoms with Crippen molar-refractivity contribution in [3.8, 4) is 0 Å². The van der Waals surface area contributed by atoms with Gasteiger partial charge >= 0.3 is 0 Å². The lowest BCUT2D eigenvalue weighted by Crippen LogP contribution is -2.45. The summed E-state index contributed by atoms with van der Waals surface area (Å²) in [4.78, 5) is 3.98. The number of rotatable bonds is 5. The Balaban J connectivity index is 1.52. The van der Waals surface area contributed by atoms with Gasteiger partial charge in [0.15, 0.2) is 0 Å². The van der Waals surface area contributed by atoms with E-state index >= 15 is 0 Å². The lowest BCUT2D eigenvalue weighted by atomic mass is 10.2. The van der Waals surface area contributed by atoms with Crippen LogP contribution >= 0.6 is 11.3 Å². The van der Waals surface area contributed by atoms with Crippen LogP contribution in [0.5, 0.6) is 0 Å². The maximum Gasteiger partial charge on any atom is 0.0898 e. The highest BCUT2D eigenvalue weighted by molar-refractivity contribution is 7.09. The predicted octanol–water partition coefficient (Wildman–Crippen LogP) is 2.50. The third-order valence-corrected chi connectivity index (χ3v) is 4.89. The van der Waals surface area contributed by atoms with Crippen molar-refractivity contribution in [3.63, 3.8) is 0 Å². The summed E-state index contributed by atoms with van der Waals surface area (Å²) >= 11 is 1.85. The Morgan fingerprint density at radius 3 is 3.05 bits per heavy atom. The van der Waals surface area contributed by atoms with E-state index in [4.69, 9.17) is 4.74 Å². The van der Waals surface area contributed by atoms with Crippen molar-refractivity contribution in [2.75, 3.05) is 26.2 Å². The van der Waals surface area contributed by atoms with Crippen LogP contribution in [0.25, 0.3) is 0 Å². The fourth-order valence-electron chi connectivity index (χ4n) is 2.87. The van der Waals surface area contributed by atoms with Crippen molar-refractivity contribution in [2.24, 2.45) is 0 Å². The third kappa shape index (κ3) is 3.93. The molecule has 0 unspecified atom stereocenters. The first-order chi connectivity index (χ1) is 10.2. The van der Waals surface area contributed by atoms with Crippen LogP contribution in [0.3, 0.4) is 0 Å². The zero-order valence-electron chi connectivity index (χ0n) is 12.8. The lowest BCUT2D eigenvalue weighted by molar-refractivity contribution is -0.0372. The highest BCUT2D eigenvalue weighted by atomic mass is 32.1. The zero-order valence-corrected chi connectivity index (χ0v) is 13.6. The largest absolute Gasteiger partial charge is 0.374 e.